The number of rotatable bonds is 2. The molecule has 4 nitrogen and oxygen atoms in total. The molecule has 3 rings (SSSR count). The highest BCUT2D eigenvalue weighted by Gasteiger charge is 2.35. The molecule has 0 atom stereocenters. The smallest absolute Gasteiger partial charge is 0.231 e. The van der Waals surface area contributed by atoms with E-state index in [1.165, 1.54) is 0 Å². The highest BCUT2D eigenvalue weighted by Crippen LogP contribution is 2.37. The molecule has 1 heterocycles. The Bertz CT molecular complexity index is 568. The quantitative estimate of drug-likeness (QED) is 0.898. The Morgan fingerprint density at radius 3 is 2.70 bits per heavy atom. The normalized spacial score (nSPS) is 25.2. The van der Waals surface area contributed by atoms with Gasteiger partial charge in [-0.3, -0.25) is 4.79 Å². The average Bonchev–Trinajstić information content (AvgIpc) is 2.82. The van der Waals surface area contributed by atoms with Crippen LogP contribution in [0.4, 0.5) is 11.4 Å². The van der Waals surface area contributed by atoms with Crippen molar-refractivity contribution >= 4 is 17.3 Å². The molecule has 0 radical (unpaired) electrons. The van der Waals surface area contributed by atoms with Crippen LogP contribution in [0.5, 0.6) is 0 Å². The molecule has 1 aliphatic carbocycles. The van der Waals surface area contributed by atoms with E-state index in [0.29, 0.717) is 6.42 Å². The van der Waals surface area contributed by atoms with Gasteiger partial charge in [0.25, 0.3) is 0 Å². The van der Waals surface area contributed by atoms with Gasteiger partial charge in [0.05, 0.1) is 12.5 Å². The molecule has 1 aromatic carbocycles. The van der Waals surface area contributed by atoms with E-state index in [0.717, 1.165) is 42.6 Å². The fraction of sp³-hybridized carbons (Fsp3) is 0.500. The SMILES string of the molecule is CNc1ccc2c(c1)CC(=O)N2C1CCC(C#N)CC1. The zero-order chi connectivity index (χ0) is 14.1. The second-order valence-corrected chi connectivity index (χ2v) is 5.67. The van der Waals surface area contributed by atoms with Crippen LogP contribution in [0, 0.1) is 17.2 Å². The second kappa shape index (κ2) is 5.16. The summed E-state index contributed by atoms with van der Waals surface area (Å²) >= 11 is 0. The fourth-order valence-electron chi connectivity index (χ4n) is 3.36. The number of anilines is 2. The van der Waals surface area contributed by atoms with E-state index >= 15 is 0 Å². The molecule has 104 valence electrons. The van der Waals surface area contributed by atoms with Gasteiger partial charge in [-0.1, -0.05) is 0 Å². The van der Waals surface area contributed by atoms with Crippen LogP contribution in [0.1, 0.15) is 31.2 Å². The largest absolute Gasteiger partial charge is 0.388 e. The standard InChI is InChI=1S/C16H19N3O/c1-18-13-4-7-15-12(8-13)9-16(20)19(15)14-5-2-11(10-17)3-6-14/h4,7-8,11,14,18H,2-3,5-6,9H2,1H3. The van der Waals surface area contributed by atoms with Crippen molar-refractivity contribution in [2.75, 3.05) is 17.3 Å². The van der Waals surface area contributed by atoms with Crippen LogP contribution >= 0.6 is 0 Å². The molecular formula is C16H19N3O. The molecule has 2 aliphatic rings. The van der Waals surface area contributed by atoms with Gasteiger partial charge < -0.3 is 10.2 Å². The fourth-order valence-corrected chi connectivity index (χ4v) is 3.36. The van der Waals surface area contributed by atoms with Crippen molar-refractivity contribution < 1.29 is 4.79 Å². The molecule has 1 N–H and O–H groups in total. The summed E-state index contributed by atoms with van der Waals surface area (Å²) in [6.07, 6.45) is 4.21. The summed E-state index contributed by atoms with van der Waals surface area (Å²) in [6, 6.07) is 8.75. The minimum Gasteiger partial charge on any atom is -0.388 e. The minimum atomic E-state index is 0.176. The molecule has 0 spiro atoms. The molecule has 20 heavy (non-hydrogen) atoms. The summed E-state index contributed by atoms with van der Waals surface area (Å²) in [5, 5.41) is 12.1. The monoisotopic (exact) mass is 269 g/mol. The molecule has 0 aromatic heterocycles. The van der Waals surface area contributed by atoms with Crippen molar-refractivity contribution in [2.45, 2.75) is 38.1 Å². The summed E-state index contributed by atoms with van der Waals surface area (Å²) < 4.78 is 0. The van der Waals surface area contributed by atoms with E-state index in [-0.39, 0.29) is 17.9 Å². The number of nitrogens with one attached hydrogen (secondary N) is 1. The Hall–Kier alpha value is -2.02. The number of amides is 1. The third kappa shape index (κ3) is 2.14. The van der Waals surface area contributed by atoms with Crippen LogP contribution < -0.4 is 10.2 Å². The van der Waals surface area contributed by atoms with Crippen LogP contribution in [0.3, 0.4) is 0 Å². The van der Waals surface area contributed by atoms with Gasteiger partial charge >= 0.3 is 0 Å². The highest BCUT2D eigenvalue weighted by atomic mass is 16.2. The first-order valence-corrected chi connectivity index (χ1v) is 7.25. The van der Waals surface area contributed by atoms with Gasteiger partial charge in [-0.05, 0) is 49.4 Å². The minimum absolute atomic E-state index is 0.176. The molecule has 1 fully saturated rings. The lowest BCUT2D eigenvalue weighted by Gasteiger charge is -2.33. The Morgan fingerprint density at radius 2 is 2.05 bits per heavy atom. The van der Waals surface area contributed by atoms with Crippen molar-refractivity contribution in [1.29, 1.82) is 5.26 Å². The number of hydrogen-bond donors (Lipinski definition) is 1. The topological polar surface area (TPSA) is 56.1 Å². The van der Waals surface area contributed by atoms with Gasteiger partial charge in [0.15, 0.2) is 0 Å². The number of nitriles is 1. The Morgan fingerprint density at radius 1 is 1.30 bits per heavy atom. The number of nitrogens with zero attached hydrogens (tertiary/aromatic N) is 2. The molecule has 0 unspecified atom stereocenters. The third-order valence-electron chi connectivity index (χ3n) is 4.48. The maximum atomic E-state index is 12.3. The summed E-state index contributed by atoms with van der Waals surface area (Å²) in [7, 11) is 1.89. The van der Waals surface area contributed by atoms with Gasteiger partial charge in [0.1, 0.15) is 0 Å². The molecule has 0 saturated heterocycles. The predicted molar refractivity (Wildman–Crippen MR) is 78.5 cm³/mol. The number of fused-ring (bicyclic) bond motifs is 1. The summed E-state index contributed by atoms with van der Waals surface area (Å²) in [4.78, 5) is 14.3. The van der Waals surface area contributed by atoms with Gasteiger partial charge in [0.2, 0.25) is 5.91 Å². The Balaban J connectivity index is 1.82. The van der Waals surface area contributed by atoms with Crippen molar-refractivity contribution in [3.63, 3.8) is 0 Å². The summed E-state index contributed by atoms with van der Waals surface area (Å²) in [5.41, 5.74) is 3.23. The van der Waals surface area contributed by atoms with E-state index in [1.54, 1.807) is 0 Å². The van der Waals surface area contributed by atoms with Crippen molar-refractivity contribution in [2.24, 2.45) is 5.92 Å². The average molecular weight is 269 g/mol. The first-order chi connectivity index (χ1) is 9.72. The van der Waals surface area contributed by atoms with E-state index in [1.807, 2.05) is 24.1 Å². The maximum absolute atomic E-state index is 12.3. The first kappa shape index (κ1) is 13.0. The van der Waals surface area contributed by atoms with Gasteiger partial charge in [-0.2, -0.15) is 5.26 Å². The van der Waals surface area contributed by atoms with Crippen LogP contribution in [0.25, 0.3) is 0 Å². The molecule has 0 bridgehead atoms. The third-order valence-corrected chi connectivity index (χ3v) is 4.48. The second-order valence-electron chi connectivity index (χ2n) is 5.67. The lowest BCUT2D eigenvalue weighted by molar-refractivity contribution is -0.118. The lowest BCUT2D eigenvalue weighted by atomic mass is 9.86. The zero-order valence-corrected chi connectivity index (χ0v) is 11.7. The van der Waals surface area contributed by atoms with Crippen LogP contribution in [-0.2, 0) is 11.2 Å². The number of hydrogen-bond acceptors (Lipinski definition) is 3. The van der Waals surface area contributed by atoms with Gasteiger partial charge in [0, 0.05) is 30.4 Å². The van der Waals surface area contributed by atoms with E-state index in [9.17, 15) is 4.79 Å². The van der Waals surface area contributed by atoms with E-state index < -0.39 is 0 Å². The van der Waals surface area contributed by atoms with Crippen LogP contribution in [-0.4, -0.2) is 19.0 Å². The molecule has 1 amide bonds. The Labute approximate surface area is 119 Å². The lowest BCUT2D eigenvalue weighted by Crippen LogP contribution is -2.40. The number of benzene rings is 1. The molecular weight excluding hydrogens is 250 g/mol. The zero-order valence-electron chi connectivity index (χ0n) is 11.7. The van der Waals surface area contributed by atoms with E-state index in [2.05, 4.69) is 17.5 Å². The number of carbonyl (C=O) groups excluding carboxylic acids is 1. The molecule has 1 saturated carbocycles. The summed E-state index contributed by atoms with van der Waals surface area (Å²) in [5.74, 6) is 0.378. The Kier molecular flexibility index (Phi) is 3.35. The van der Waals surface area contributed by atoms with Crippen LogP contribution in [0.2, 0.25) is 0 Å². The van der Waals surface area contributed by atoms with Gasteiger partial charge in [-0.15, -0.1) is 0 Å². The predicted octanol–water partition coefficient (Wildman–Crippen LogP) is 2.70. The van der Waals surface area contributed by atoms with E-state index in [4.69, 9.17) is 5.26 Å². The maximum Gasteiger partial charge on any atom is 0.231 e. The summed E-state index contributed by atoms with van der Waals surface area (Å²) in [6.45, 7) is 0. The van der Waals surface area contributed by atoms with Crippen molar-refractivity contribution in [3.05, 3.63) is 23.8 Å². The highest BCUT2D eigenvalue weighted by molar-refractivity contribution is 6.02. The molecule has 1 aromatic rings. The van der Waals surface area contributed by atoms with Crippen molar-refractivity contribution in [3.8, 4) is 6.07 Å². The van der Waals surface area contributed by atoms with Gasteiger partial charge in [-0.25, -0.2) is 0 Å². The van der Waals surface area contributed by atoms with Crippen LogP contribution in [0.15, 0.2) is 18.2 Å². The number of carbonyl (C=O) groups is 1. The first-order valence-electron chi connectivity index (χ1n) is 7.25. The molecule has 4 heteroatoms. The van der Waals surface area contributed by atoms with Crippen molar-refractivity contribution in [1.82, 2.24) is 0 Å². The molecule has 1 aliphatic heterocycles.